The average Bonchev–Trinajstić information content (AvgIpc) is 3.59. The zero-order valence-electron chi connectivity index (χ0n) is 25.3. The number of thioether (sulfide) groups is 2. The predicted molar refractivity (Wildman–Crippen MR) is 187 cm³/mol. The lowest BCUT2D eigenvalue weighted by Crippen LogP contribution is -1.81. The fourth-order valence-corrected chi connectivity index (χ4v) is 7.96. The molecule has 0 saturated heterocycles. The first kappa shape index (κ1) is 29.5. The highest BCUT2D eigenvalue weighted by molar-refractivity contribution is 7.99. The van der Waals surface area contributed by atoms with Gasteiger partial charge < -0.3 is 8.83 Å². The molecule has 0 saturated carbocycles. The van der Waals surface area contributed by atoms with Crippen molar-refractivity contribution >= 4 is 77.8 Å². The molecule has 0 atom stereocenters. The van der Waals surface area contributed by atoms with Crippen LogP contribution in [0.25, 0.3) is 54.3 Å². The van der Waals surface area contributed by atoms with Gasteiger partial charge >= 0.3 is 0 Å². The minimum Gasteiger partial charge on any atom is -0.450 e. The summed E-state index contributed by atoms with van der Waals surface area (Å²) in [6.07, 6.45) is 15.9. The Balaban J connectivity index is 1.20. The summed E-state index contributed by atoms with van der Waals surface area (Å²) in [5, 5.41) is 12.1. The van der Waals surface area contributed by atoms with Crippen LogP contribution in [0.15, 0.2) is 79.7 Å². The Labute approximate surface area is 259 Å². The first-order valence-electron chi connectivity index (χ1n) is 16.3. The number of hydrogen-bond acceptors (Lipinski definition) is 4. The van der Waals surface area contributed by atoms with Crippen LogP contribution in [0.4, 0.5) is 0 Å². The van der Waals surface area contributed by atoms with Crippen LogP contribution in [0.3, 0.4) is 0 Å². The molecule has 0 N–H and O–H groups in total. The molecule has 0 fully saturated rings. The van der Waals surface area contributed by atoms with Gasteiger partial charge in [-0.3, -0.25) is 0 Å². The molecule has 2 nitrogen and oxygen atoms in total. The van der Waals surface area contributed by atoms with Crippen molar-refractivity contribution in [1.29, 1.82) is 0 Å². The first-order valence-corrected chi connectivity index (χ1v) is 18.2. The van der Waals surface area contributed by atoms with E-state index in [0.717, 1.165) is 32.9 Å². The Morgan fingerprint density at radius 2 is 0.857 bits per heavy atom. The van der Waals surface area contributed by atoms with Gasteiger partial charge in [0.15, 0.2) is 10.2 Å². The van der Waals surface area contributed by atoms with Crippen LogP contribution in [-0.2, 0) is 0 Å². The van der Waals surface area contributed by atoms with Gasteiger partial charge in [-0.15, -0.1) is 0 Å². The number of fused-ring (bicyclic) bond motifs is 7. The molecule has 0 aliphatic carbocycles. The number of hydrogen-bond donors (Lipinski definition) is 0. The van der Waals surface area contributed by atoms with Crippen molar-refractivity contribution in [3.05, 3.63) is 60.7 Å². The van der Waals surface area contributed by atoms with Crippen LogP contribution in [0, 0.1) is 0 Å². The van der Waals surface area contributed by atoms with Crippen LogP contribution >= 0.6 is 23.5 Å². The van der Waals surface area contributed by atoms with Gasteiger partial charge in [-0.05, 0) is 81.6 Å². The van der Waals surface area contributed by atoms with Crippen LogP contribution < -0.4 is 0 Å². The molecule has 6 aromatic rings. The highest BCUT2D eigenvalue weighted by Gasteiger charge is 2.12. The Hall–Kier alpha value is -2.56. The molecular formula is C38H44O2S2. The standard InChI is InChI=1S/C38H44O2S2/c1-3-5-7-9-11-13-19-41-37-25-29-21-33-27(23-35(29)39-37)15-17-32-31(33)18-16-28-24-36-30(22-34(28)32)26-38(40-36)42-20-14-12-10-8-6-4-2/h15-18,21-26H,3-14,19-20H2,1-2H3. The molecule has 0 amide bonds. The van der Waals surface area contributed by atoms with Crippen molar-refractivity contribution < 1.29 is 8.83 Å². The van der Waals surface area contributed by atoms with Crippen molar-refractivity contribution in [3.8, 4) is 0 Å². The lowest BCUT2D eigenvalue weighted by Gasteiger charge is -2.08. The highest BCUT2D eigenvalue weighted by atomic mass is 32.2. The first-order chi connectivity index (χ1) is 20.7. The number of furan rings is 2. The fourth-order valence-electron chi connectivity index (χ4n) is 6.15. The molecule has 6 rings (SSSR count). The van der Waals surface area contributed by atoms with E-state index in [9.17, 15) is 0 Å². The van der Waals surface area contributed by atoms with Gasteiger partial charge in [-0.2, -0.15) is 0 Å². The summed E-state index contributed by atoms with van der Waals surface area (Å²) < 4.78 is 12.5. The SMILES string of the molecule is CCCCCCCCSc1cc2cc3c(ccc4c5cc6cc(SCCCCCCCC)oc6cc5ccc34)cc2o1. The second kappa shape index (κ2) is 14.3. The van der Waals surface area contributed by atoms with E-state index in [1.165, 1.54) is 120 Å². The fraction of sp³-hybridized carbons (Fsp3) is 0.421. The van der Waals surface area contributed by atoms with Gasteiger partial charge in [0.25, 0.3) is 0 Å². The van der Waals surface area contributed by atoms with Crippen LogP contribution in [0.2, 0.25) is 0 Å². The maximum atomic E-state index is 6.26. The molecule has 4 aromatic carbocycles. The Morgan fingerprint density at radius 3 is 1.31 bits per heavy atom. The van der Waals surface area contributed by atoms with Gasteiger partial charge in [0.1, 0.15) is 11.2 Å². The average molecular weight is 597 g/mol. The van der Waals surface area contributed by atoms with Crippen LogP contribution in [0.5, 0.6) is 0 Å². The molecule has 42 heavy (non-hydrogen) atoms. The molecule has 0 aliphatic heterocycles. The van der Waals surface area contributed by atoms with E-state index in [-0.39, 0.29) is 0 Å². The number of rotatable bonds is 16. The van der Waals surface area contributed by atoms with E-state index in [0.29, 0.717) is 0 Å². The molecule has 220 valence electrons. The zero-order chi connectivity index (χ0) is 28.7. The van der Waals surface area contributed by atoms with Crippen molar-refractivity contribution in [2.75, 3.05) is 11.5 Å². The van der Waals surface area contributed by atoms with Crippen molar-refractivity contribution in [1.82, 2.24) is 0 Å². The molecule has 0 aliphatic rings. The molecule has 0 radical (unpaired) electrons. The van der Waals surface area contributed by atoms with E-state index in [4.69, 9.17) is 8.83 Å². The third kappa shape index (κ3) is 6.81. The second-order valence-electron chi connectivity index (χ2n) is 11.8. The van der Waals surface area contributed by atoms with Gasteiger partial charge in [0.2, 0.25) is 0 Å². The Bertz CT molecular complexity index is 1650. The normalized spacial score (nSPS) is 12.1. The summed E-state index contributed by atoms with van der Waals surface area (Å²) in [5.41, 5.74) is 1.97. The van der Waals surface area contributed by atoms with Crippen LogP contribution in [0.1, 0.15) is 90.9 Å². The third-order valence-corrected chi connectivity index (χ3v) is 10.5. The van der Waals surface area contributed by atoms with E-state index >= 15 is 0 Å². The van der Waals surface area contributed by atoms with Gasteiger partial charge in [-0.1, -0.05) is 126 Å². The van der Waals surface area contributed by atoms with Crippen molar-refractivity contribution in [2.24, 2.45) is 0 Å². The van der Waals surface area contributed by atoms with E-state index in [1.807, 2.05) is 23.5 Å². The summed E-state index contributed by atoms with van der Waals surface area (Å²) in [6, 6.07) is 22.6. The Morgan fingerprint density at radius 1 is 0.429 bits per heavy atom. The molecule has 0 bridgehead atoms. The lowest BCUT2D eigenvalue weighted by molar-refractivity contribution is 0.514. The smallest absolute Gasteiger partial charge is 0.161 e. The van der Waals surface area contributed by atoms with Crippen molar-refractivity contribution in [2.45, 2.75) is 101 Å². The number of unbranched alkanes of at least 4 members (excludes halogenated alkanes) is 10. The lowest BCUT2D eigenvalue weighted by atomic mass is 9.96. The summed E-state index contributed by atoms with van der Waals surface area (Å²) in [4.78, 5) is 0. The van der Waals surface area contributed by atoms with Crippen LogP contribution in [-0.4, -0.2) is 11.5 Å². The largest absolute Gasteiger partial charge is 0.450 e. The number of benzene rings is 4. The minimum atomic E-state index is 0.985. The predicted octanol–water partition coefficient (Wildman–Crippen LogP) is 13.5. The summed E-state index contributed by atoms with van der Waals surface area (Å²) >= 11 is 3.71. The highest BCUT2D eigenvalue weighted by Crippen LogP contribution is 2.38. The van der Waals surface area contributed by atoms with E-state index < -0.39 is 0 Å². The molecular weight excluding hydrogens is 553 g/mol. The Kier molecular flexibility index (Phi) is 10.0. The monoisotopic (exact) mass is 596 g/mol. The summed E-state index contributed by atoms with van der Waals surface area (Å²) in [5.74, 6) is 2.25. The zero-order valence-corrected chi connectivity index (χ0v) is 26.9. The molecule has 0 unspecified atom stereocenters. The molecule has 0 spiro atoms. The topological polar surface area (TPSA) is 26.3 Å². The molecule has 4 heteroatoms. The van der Waals surface area contributed by atoms with E-state index in [1.54, 1.807) is 0 Å². The van der Waals surface area contributed by atoms with Crippen molar-refractivity contribution in [3.63, 3.8) is 0 Å². The molecule has 2 aromatic heterocycles. The van der Waals surface area contributed by atoms with Gasteiger partial charge in [0.05, 0.1) is 0 Å². The van der Waals surface area contributed by atoms with Gasteiger partial charge in [0, 0.05) is 22.3 Å². The van der Waals surface area contributed by atoms with Gasteiger partial charge in [-0.25, -0.2) is 0 Å². The quantitative estimate of drug-likeness (QED) is 0.0630. The summed E-state index contributed by atoms with van der Waals surface area (Å²) in [6.45, 7) is 4.55. The second-order valence-corrected chi connectivity index (χ2v) is 14.0. The molecule has 2 heterocycles. The van der Waals surface area contributed by atoms with E-state index in [2.05, 4.69) is 74.5 Å². The maximum absolute atomic E-state index is 6.26. The third-order valence-electron chi connectivity index (χ3n) is 8.55. The maximum Gasteiger partial charge on any atom is 0.161 e. The summed E-state index contributed by atoms with van der Waals surface area (Å²) in [7, 11) is 0. The minimum absolute atomic E-state index is 0.985.